The van der Waals surface area contributed by atoms with E-state index in [-0.39, 0.29) is 5.91 Å². The molecule has 1 atom stereocenters. The van der Waals surface area contributed by atoms with Crippen LogP contribution in [0.1, 0.15) is 29.7 Å². The average molecular weight is 453 g/mol. The maximum Gasteiger partial charge on any atom is 0.255 e. The summed E-state index contributed by atoms with van der Waals surface area (Å²) >= 11 is 0. The van der Waals surface area contributed by atoms with Crippen LogP contribution in [0, 0.1) is 6.92 Å². The van der Waals surface area contributed by atoms with Gasteiger partial charge in [-0.05, 0) is 65.2 Å². The van der Waals surface area contributed by atoms with E-state index in [4.69, 9.17) is 4.74 Å². The highest BCUT2D eigenvalue weighted by atomic mass is 16.5. The SMILES string of the molecule is CC1=C(C(=O)Nc2cccc(C)c2)C(c2cccc(OCc3ccccc3)c2)n2nnnc2N1. The van der Waals surface area contributed by atoms with Gasteiger partial charge in [0.05, 0.1) is 5.57 Å². The lowest BCUT2D eigenvalue weighted by Crippen LogP contribution is -2.31. The molecule has 3 aromatic carbocycles. The third kappa shape index (κ3) is 4.38. The van der Waals surface area contributed by atoms with Crippen molar-refractivity contribution in [3.8, 4) is 5.75 Å². The molecule has 0 saturated carbocycles. The molecule has 1 aliphatic heterocycles. The van der Waals surface area contributed by atoms with E-state index in [1.54, 1.807) is 4.68 Å². The number of allylic oxidation sites excluding steroid dienone is 1. The molecule has 1 unspecified atom stereocenters. The molecule has 4 aromatic rings. The summed E-state index contributed by atoms with van der Waals surface area (Å²) in [4.78, 5) is 13.5. The first-order valence-corrected chi connectivity index (χ1v) is 11.0. The van der Waals surface area contributed by atoms with Gasteiger partial charge in [-0.25, -0.2) is 0 Å². The number of carbonyl (C=O) groups is 1. The number of nitrogens with one attached hydrogen (secondary N) is 2. The van der Waals surface area contributed by atoms with Gasteiger partial charge in [0.25, 0.3) is 5.91 Å². The Labute approximate surface area is 197 Å². The van der Waals surface area contributed by atoms with Crippen molar-refractivity contribution in [3.63, 3.8) is 0 Å². The minimum atomic E-state index is -0.517. The van der Waals surface area contributed by atoms with E-state index in [2.05, 4.69) is 26.2 Å². The fraction of sp³-hybridized carbons (Fsp3) is 0.154. The van der Waals surface area contributed by atoms with Crippen LogP contribution in [0.2, 0.25) is 0 Å². The Balaban J connectivity index is 1.47. The predicted octanol–water partition coefficient (Wildman–Crippen LogP) is 4.49. The van der Waals surface area contributed by atoms with Crippen molar-refractivity contribution in [2.24, 2.45) is 0 Å². The summed E-state index contributed by atoms with van der Waals surface area (Å²) in [5, 5.41) is 18.2. The van der Waals surface area contributed by atoms with Gasteiger partial charge < -0.3 is 15.4 Å². The van der Waals surface area contributed by atoms with Crippen LogP contribution >= 0.6 is 0 Å². The summed E-state index contributed by atoms with van der Waals surface area (Å²) in [6.45, 7) is 4.29. The van der Waals surface area contributed by atoms with Crippen LogP contribution < -0.4 is 15.4 Å². The third-order valence-corrected chi connectivity index (χ3v) is 5.66. The van der Waals surface area contributed by atoms with Gasteiger partial charge in [-0.15, -0.1) is 0 Å². The van der Waals surface area contributed by atoms with Gasteiger partial charge in [-0.3, -0.25) is 4.79 Å². The second-order valence-corrected chi connectivity index (χ2v) is 8.18. The molecule has 0 spiro atoms. The predicted molar refractivity (Wildman–Crippen MR) is 129 cm³/mol. The summed E-state index contributed by atoms with van der Waals surface area (Å²) in [5.74, 6) is 0.952. The number of nitrogens with zero attached hydrogens (tertiary/aromatic N) is 4. The van der Waals surface area contributed by atoms with Crippen molar-refractivity contribution in [2.75, 3.05) is 10.6 Å². The Morgan fingerprint density at radius 2 is 1.85 bits per heavy atom. The lowest BCUT2D eigenvalue weighted by Gasteiger charge is -2.28. The van der Waals surface area contributed by atoms with Crippen molar-refractivity contribution >= 4 is 17.5 Å². The standard InChI is InChI=1S/C26H24N6O2/c1-17-8-6-12-21(14-17)28-25(33)23-18(2)27-26-29-30-31-32(26)24(23)20-11-7-13-22(15-20)34-16-19-9-4-3-5-10-19/h3-15,24H,16H2,1-2H3,(H,28,33)(H,27,29,31). The van der Waals surface area contributed by atoms with E-state index >= 15 is 0 Å². The molecule has 0 aliphatic carbocycles. The monoisotopic (exact) mass is 452 g/mol. The first-order chi connectivity index (χ1) is 16.6. The van der Waals surface area contributed by atoms with Gasteiger partial charge in [0.15, 0.2) is 0 Å². The van der Waals surface area contributed by atoms with Gasteiger partial charge in [-0.1, -0.05) is 59.7 Å². The molecular formula is C26H24N6O2. The number of carbonyl (C=O) groups excluding carboxylic acids is 1. The molecule has 8 heteroatoms. The van der Waals surface area contributed by atoms with Crippen molar-refractivity contribution in [1.29, 1.82) is 0 Å². The fourth-order valence-corrected chi connectivity index (χ4v) is 4.05. The smallest absolute Gasteiger partial charge is 0.255 e. The number of ether oxygens (including phenoxy) is 1. The Hall–Kier alpha value is -4.46. The molecule has 0 radical (unpaired) electrons. The highest BCUT2D eigenvalue weighted by Gasteiger charge is 2.34. The first kappa shape index (κ1) is 21.4. The summed E-state index contributed by atoms with van der Waals surface area (Å²) in [6.07, 6.45) is 0. The van der Waals surface area contributed by atoms with Crippen LogP contribution in [-0.2, 0) is 11.4 Å². The summed E-state index contributed by atoms with van der Waals surface area (Å²) < 4.78 is 7.65. The van der Waals surface area contributed by atoms with Gasteiger partial charge in [0, 0.05) is 11.4 Å². The third-order valence-electron chi connectivity index (χ3n) is 5.66. The number of hydrogen-bond donors (Lipinski definition) is 2. The highest BCUT2D eigenvalue weighted by molar-refractivity contribution is 6.06. The number of fused-ring (bicyclic) bond motifs is 1. The van der Waals surface area contributed by atoms with Crippen LogP contribution in [0.4, 0.5) is 11.6 Å². The molecule has 1 aromatic heterocycles. The number of benzene rings is 3. The maximum absolute atomic E-state index is 13.5. The number of rotatable bonds is 6. The minimum Gasteiger partial charge on any atom is -0.489 e. The molecule has 0 fully saturated rings. The van der Waals surface area contributed by atoms with Crippen LogP contribution in [-0.4, -0.2) is 26.1 Å². The molecule has 1 aliphatic rings. The largest absolute Gasteiger partial charge is 0.489 e. The van der Waals surface area contributed by atoms with Crippen molar-refractivity contribution in [2.45, 2.75) is 26.5 Å². The Morgan fingerprint density at radius 1 is 1.03 bits per heavy atom. The summed E-state index contributed by atoms with van der Waals surface area (Å²) in [7, 11) is 0. The quantitative estimate of drug-likeness (QED) is 0.448. The number of amides is 1. The number of anilines is 2. The minimum absolute atomic E-state index is 0.225. The van der Waals surface area contributed by atoms with Crippen LogP contribution in [0.5, 0.6) is 5.75 Å². The van der Waals surface area contributed by atoms with Crippen LogP contribution in [0.3, 0.4) is 0 Å². The van der Waals surface area contributed by atoms with Gasteiger partial charge in [-0.2, -0.15) is 4.68 Å². The van der Waals surface area contributed by atoms with Gasteiger partial charge in [0.1, 0.15) is 18.4 Å². The molecule has 34 heavy (non-hydrogen) atoms. The van der Waals surface area contributed by atoms with Crippen LogP contribution in [0.15, 0.2) is 90.1 Å². The average Bonchev–Trinajstić information content (AvgIpc) is 3.30. The zero-order valence-corrected chi connectivity index (χ0v) is 18.9. The van der Waals surface area contributed by atoms with Crippen molar-refractivity contribution in [1.82, 2.24) is 20.2 Å². The normalized spacial score (nSPS) is 14.8. The maximum atomic E-state index is 13.5. The lowest BCUT2D eigenvalue weighted by atomic mass is 9.94. The second kappa shape index (κ2) is 9.19. The molecule has 0 bridgehead atoms. The lowest BCUT2D eigenvalue weighted by molar-refractivity contribution is -0.113. The van der Waals surface area contributed by atoms with E-state index in [1.165, 1.54) is 0 Å². The van der Waals surface area contributed by atoms with Crippen molar-refractivity contribution < 1.29 is 9.53 Å². The Morgan fingerprint density at radius 3 is 2.68 bits per heavy atom. The van der Waals surface area contributed by atoms with Crippen molar-refractivity contribution in [3.05, 3.63) is 107 Å². The second-order valence-electron chi connectivity index (χ2n) is 8.18. The molecular weight excluding hydrogens is 428 g/mol. The number of aromatic nitrogens is 4. The molecule has 1 amide bonds. The summed E-state index contributed by atoms with van der Waals surface area (Å²) in [5.41, 5.74) is 4.93. The molecule has 8 nitrogen and oxygen atoms in total. The van der Waals surface area contributed by atoms with Gasteiger partial charge in [0.2, 0.25) is 5.95 Å². The molecule has 0 saturated heterocycles. The van der Waals surface area contributed by atoms with E-state index < -0.39 is 6.04 Å². The number of aryl methyl sites for hydroxylation is 1. The molecule has 170 valence electrons. The fourth-order valence-electron chi connectivity index (χ4n) is 4.05. The Kier molecular flexibility index (Phi) is 5.78. The Bertz CT molecular complexity index is 1360. The topological polar surface area (TPSA) is 94.0 Å². The van der Waals surface area contributed by atoms with E-state index in [9.17, 15) is 4.79 Å². The highest BCUT2D eigenvalue weighted by Crippen LogP contribution is 2.36. The van der Waals surface area contributed by atoms with E-state index in [0.29, 0.717) is 29.6 Å². The van der Waals surface area contributed by atoms with E-state index in [0.717, 1.165) is 22.4 Å². The molecule has 2 heterocycles. The zero-order chi connectivity index (χ0) is 23.5. The number of tetrazole rings is 1. The molecule has 5 rings (SSSR count). The number of hydrogen-bond acceptors (Lipinski definition) is 6. The first-order valence-electron chi connectivity index (χ1n) is 11.0. The van der Waals surface area contributed by atoms with Gasteiger partial charge >= 0.3 is 0 Å². The van der Waals surface area contributed by atoms with E-state index in [1.807, 2.05) is 92.7 Å². The van der Waals surface area contributed by atoms with Crippen LogP contribution in [0.25, 0.3) is 0 Å². The summed E-state index contributed by atoms with van der Waals surface area (Å²) in [6, 6.07) is 24.8. The zero-order valence-electron chi connectivity index (χ0n) is 18.9. The molecule has 2 N–H and O–H groups in total.